The highest BCUT2D eigenvalue weighted by Gasteiger charge is 2.12. The second-order valence-electron chi connectivity index (χ2n) is 2.84. The standard InChI is InChI=1S/C10H8BrFS2/c1-13-10-7(5-11)6-2-3-14-9(6)4-8(10)12/h2-4H,5H2,1H3. The monoisotopic (exact) mass is 290 g/mol. The SMILES string of the molecule is CSc1c(F)cc2sccc2c1CBr. The molecule has 0 bridgehead atoms. The largest absolute Gasteiger partial charge is 0.206 e. The molecule has 0 radical (unpaired) electrons. The number of hydrogen-bond donors (Lipinski definition) is 0. The Morgan fingerprint density at radius 3 is 3.00 bits per heavy atom. The van der Waals surface area contributed by atoms with Gasteiger partial charge in [0.25, 0.3) is 0 Å². The molecule has 0 nitrogen and oxygen atoms in total. The first kappa shape index (κ1) is 10.5. The summed E-state index contributed by atoms with van der Waals surface area (Å²) in [4.78, 5) is 0.757. The van der Waals surface area contributed by atoms with Crippen LogP contribution >= 0.6 is 39.0 Å². The van der Waals surface area contributed by atoms with Gasteiger partial charge in [0.05, 0.1) is 0 Å². The van der Waals surface area contributed by atoms with Gasteiger partial charge in [-0.25, -0.2) is 4.39 Å². The summed E-state index contributed by atoms with van der Waals surface area (Å²) in [6.45, 7) is 0. The lowest BCUT2D eigenvalue weighted by Gasteiger charge is -2.07. The second kappa shape index (κ2) is 4.21. The molecule has 0 unspecified atom stereocenters. The van der Waals surface area contributed by atoms with E-state index in [0.717, 1.165) is 20.5 Å². The predicted molar refractivity (Wildman–Crippen MR) is 66.2 cm³/mol. The lowest BCUT2D eigenvalue weighted by Crippen LogP contribution is -1.88. The van der Waals surface area contributed by atoms with E-state index in [1.165, 1.54) is 11.8 Å². The summed E-state index contributed by atoms with van der Waals surface area (Å²) in [6, 6.07) is 3.67. The highest BCUT2D eigenvalue weighted by Crippen LogP contribution is 2.35. The quantitative estimate of drug-likeness (QED) is 0.573. The molecule has 2 aromatic rings. The molecule has 0 saturated heterocycles. The molecule has 0 fully saturated rings. The average Bonchev–Trinajstić information content (AvgIpc) is 2.62. The number of fused-ring (bicyclic) bond motifs is 1. The third kappa shape index (κ3) is 1.59. The number of thiophene rings is 1. The van der Waals surface area contributed by atoms with Crippen LogP contribution in [0, 0.1) is 5.82 Å². The molecule has 4 heteroatoms. The molecule has 74 valence electrons. The average molecular weight is 291 g/mol. The molecule has 0 atom stereocenters. The molecule has 0 amide bonds. The van der Waals surface area contributed by atoms with Crippen molar-refractivity contribution < 1.29 is 4.39 Å². The van der Waals surface area contributed by atoms with Crippen molar-refractivity contribution in [2.75, 3.05) is 6.26 Å². The summed E-state index contributed by atoms with van der Waals surface area (Å²) in [5.41, 5.74) is 1.06. The minimum atomic E-state index is -0.109. The van der Waals surface area contributed by atoms with E-state index < -0.39 is 0 Å². The Hall–Kier alpha value is -0.0600. The van der Waals surface area contributed by atoms with E-state index in [1.807, 2.05) is 11.6 Å². The van der Waals surface area contributed by atoms with Gasteiger partial charge in [-0.3, -0.25) is 0 Å². The summed E-state index contributed by atoms with van der Waals surface area (Å²) < 4.78 is 14.6. The molecule has 1 aromatic carbocycles. The predicted octanol–water partition coefficient (Wildman–Crippen LogP) is 4.66. The summed E-state index contributed by atoms with van der Waals surface area (Å²) in [5.74, 6) is -0.109. The summed E-state index contributed by atoms with van der Waals surface area (Å²) in [7, 11) is 0. The molecule has 0 N–H and O–H groups in total. The first-order valence-electron chi connectivity index (χ1n) is 4.06. The minimum Gasteiger partial charge on any atom is -0.206 e. The van der Waals surface area contributed by atoms with Gasteiger partial charge in [-0.15, -0.1) is 23.1 Å². The van der Waals surface area contributed by atoms with Crippen LogP contribution in [0.1, 0.15) is 5.56 Å². The van der Waals surface area contributed by atoms with Crippen LogP contribution in [0.25, 0.3) is 10.1 Å². The molecule has 1 aromatic heterocycles. The van der Waals surface area contributed by atoms with Crippen molar-refractivity contribution in [3.05, 3.63) is 28.9 Å². The zero-order valence-electron chi connectivity index (χ0n) is 7.51. The van der Waals surface area contributed by atoms with Crippen LogP contribution in [0.2, 0.25) is 0 Å². The third-order valence-electron chi connectivity index (χ3n) is 2.11. The topological polar surface area (TPSA) is 0 Å². The van der Waals surface area contributed by atoms with Crippen LogP contribution in [0.15, 0.2) is 22.4 Å². The van der Waals surface area contributed by atoms with Gasteiger partial charge in [0.1, 0.15) is 5.82 Å². The second-order valence-corrected chi connectivity index (χ2v) is 5.16. The van der Waals surface area contributed by atoms with E-state index in [1.54, 1.807) is 17.4 Å². The van der Waals surface area contributed by atoms with Crippen molar-refractivity contribution >= 4 is 49.1 Å². The van der Waals surface area contributed by atoms with Crippen molar-refractivity contribution in [3.8, 4) is 0 Å². The van der Waals surface area contributed by atoms with Crippen molar-refractivity contribution in [2.45, 2.75) is 10.2 Å². The summed E-state index contributed by atoms with van der Waals surface area (Å²) in [6.07, 6.45) is 1.91. The molecule has 0 spiro atoms. The highest BCUT2D eigenvalue weighted by atomic mass is 79.9. The Balaban J connectivity index is 2.82. The fourth-order valence-corrected chi connectivity index (χ4v) is 3.77. The van der Waals surface area contributed by atoms with Gasteiger partial charge in [0, 0.05) is 14.9 Å². The molecule has 0 saturated carbocycles. The zero-order valence-corrected chi connectivity index (χ0v) is 10.7. The minimum absolute atomic E-state index is 0.109. The molecule has 1 heterocycles. The Labute approximate surface area is 98.6 Å². The van der Waals surface area contributed by atoms with Crippen LogP contribution < -0.4 is 0 Å². The van der Waals surface area contributed by atoms with E-state index in [-0.39, 0.29) is 5.82 Å². The smallest absolute Gasteiger partial charge is 0.138 e. The van der Waals surface area contributed by atoms with Gasteiger partial charge in [-0.1, -0.05) is 15.9 Å². The Morgan fingerprint density at radius 2 is 2.36 bits per heavy atom. The molecule has 2 rings (SSSR count). The maximum atomic E-state index is 13.6. The van der Waals surface area contributed by atoms with Crippen LogP contribution in [0.3, 0.4) is 0 Å². The summed E-state index contributed by atoms with van der Waals surface area (Å²) in [5, 5.41) is 3.87. The number of benzene rings is 1. The first-order chi connectivity index (χ1) is 6.77. The lowest BCUT2D eigenvalue weighted by atomic mass is 10.1. The maximum Gasteiger partial charge on any atom is 0.138 e. The van der Waals surface area contributed by atoms with Crippen LogP contribution in [-0.4, -0.2) is 6.26 Å². The Morgan fingerprint density at radius 1 is 1.57 bits per heavy atom. The normalized spacial score (nSPS) is 11.1. The zero-order chi connectivity index (χ0) is 10.1. The number of rotatable bonds is 2. The first-order valence-corrected chi connectivity index (χ1v) is 7.29. The van der Waals surface area contributed by atoms with Gasteiger partial charge >= 0.3 is 0 Å². The van der Waals surface area contributed by atoms with Crippen molar-refractivity contribution in [2.24, 2.45) is 0 Å². The van der Waals surface area contributed by atoms with Crippen molar-refractivity contribution in [1.82, 2.24) is 0 Å². The van der Waals surface area contributed by atoms with Crippen LogP contribution in [0.4, 0.5) is 4.39 Å². The van der Waals surface area contributed by atoms with E-state index in [9.17, 15) is 4.39 Å². The Kier molecular flexibility index (Phi) is 3.14. The molecular formula is C10H8BrFS2. The van der Waals surface area contributed by atoms with Crippen molar-refractivity contribution in [1.29, 1.82) is 0 Å². The molecule has 0 aliphatic rings. The van der Waals surface area contributed by atoms with Crippen LogP contribution in [0.5, 0.6) is 0 Å². The van der Waals surface area contributed by atoms with Gasteiger partial charge in [0.2, 0.25) is 0 Å². The number of alkyl halides is 1. The number of halogens is 2. The van der Waals surface area contributed by atoms with Crippen molar-refractivity contribution in [3.63, 3.8) is 0 Å². The van der Waals surface area contributed by atoms with Crippen LogP contribution in [-0.2, 0) is 5.33 Å². The molecule has 0 aliphatic heterocycles. The maximum absolute atomic E-state index is 13.6. The van der Waals surface area contributed by atoms with Gasteiger partial charge in [-0.05, 0) is 34.7 Å². The van der Waals surface area contributed by atoms with Gasteiger partial charge < -0.3 is 0 Å². The van der Waals surface area contributed by atoms with E-state index in [0.29, 0.717) is 5.33 Å². The molecule has 0 aliphatic carbocycles. The molecular weight excluding hydrogens is 283 g/mol. The fourth-order valence-electron chi connectivity index (χ4n) is 1.48. The van der Waals surface area contributed by atoms with E-state index >= 15 is 0 Å². The fraction of sp³-hybridized carbons (Fsp3) is 0.200. The molecule has 14 heavy (non-hydrogen) atoms. The number of hydrogen-bond acceptors (Lipinski definition) is 2. The van der Waals surface area contributed by atoms with Gasteiger partial charge in [0.15, 0.2) is 0 Å². The lowest BCUT2D eigenvalue weighted by molar-refractivity contribution is 0.602. The Bertz CT molecular complexity index is 464. The van der Waals surface area contributed by atoms with Gasteiger partial charge in [-0.2, -0.15) is 0 Å². The summed E-state index contributed by atoms with van der Waals surface area (Å²) >= 11 is 6.46. The van der Waals surface area contributed by atoms with E-state index in [2.05, 4.69) is 22.0 Å². The highest BCUT2D eigenvalue weighted by molar-refractivity contribution is 9.08. The number of thioether (sulfide) groups is 1. The van der Waals surface area contributed by atoms with E-state index in [4.69, 9.17) is 0 Å². The third-order valence-corrected chi connectivity index (χ3v) is 4.38.